The Hall–Kier alpha value is -1.62. The van der Waals surface area contributed by atoms with Crippen molar-refractivity contribution in [3.8, 4) is 0 Å². The van der Waals surface area contributed by atoms with Crippen LogP contribution in [0.1, 0.15) is 26.3 Å². The zero-order valence-electron chi connectivity index (χ0n) is 13.0. The summed E-state index contributed by atoms with van der Waals surface area (Å²) in [6.07, 6.45) is 0. The first-order valence-electron chi connectivity index (χ1n) is 7.50. The van der Waals surface area contributed by atoms with Crippen molar-refractivity contribution in [3.63, 3.8) is 0 Å². The van der Waals surface area contributed by atoms with E-state index >= 15 is 0 Å². The molecule has 0 radical (unpaired) electrons. The summed E-state index contributed by atoms with van der Waals surface area (Å²) in [7, 11) is 0. The SMILES string of the molecule is CC(=O)N1CCN(c2cccc(F)c2CNC(C)C)CC1. The van der Waals surface area contributed by atoms with Crippen LogP contribution in [0.15, 0.2) is 18.2 Å². The van der Waals surface area contributed by atoms with Crippen LogP contribution in [0.2, 0.25) is 0 Å². The van der Waals surface area contributed by atoms with Gasteiger partial charge in [-0.05, 0) is 12.1 Å². The van der Waals surface area contributed by atoms with Crippen LogP contribution in [0, 0.1) is 5.82 Å². The Balaban J connectivity index is 2.12. The second-order valence-electron chi connectivity index (χ2n) is 5.77. The van der Waals surface area contributed by atoms with Gasteiger partial charge in [-0.2, -0.15) is 0 Å². The summed E-state index contributed by atoms with van der Waals surface area (Å²) < 4.78 is 14.1. The molecule has 0 aromatic heterocycles. The van der Waals surface area contributed by atoms with Gasteiger partial charge in [-0.3, -0.25) is 4.79 Å². The smallest absolute Gasteiger partial charge is 0.219 e. The molecule has 5 heteroatoms. The van der Waals surface area contributed by atoms with Gasteiger partial charge in [-0.25, -0.2) is 4.39 Å². The molecule has 0 bridgehead atoms. The quantitative estimate of drug-likeness (QED) is 0.922. The van der Waals surface area contributed by atoms with Crippen molar-refractivity contribution in [2.24, 2.45) is 0 Å². The summed E-state index contributed by atoms with van der Waals surface area (Å²) in [5.74, 6) is -0.0646. The van der Waals surface area contributed by atoms with Crippen molar-refractivity contribution < 1.29 is 9.18 Å². The molecule has 2 rings (SSSR count). The number of amides is 1. The number of anilines is 1. The molecule has 0 aliphatic carbocycles. The molecule has 1 saturated heterocycles. The minimum Gasteiger partial charge on any atom is -0.368 e. The van der Waals surface area contributed by atoms with Crippen molar-refractivity contribution >= 4 is 11.6 Å². The first-order chi connectivity index (χ1) is 9.99. The van der Waals surface area contributed by atoms with Crippen LogP contribution in [0.25, 0.3) is 0 Å². The second-order valence-corrected chi connectivity index (χ2v) is 5.77. The van der Waals surface area contributed by atoms with E-state index in [4.69, 9.17) is 0 Å². The molecule has 1 aromatic carbocycles. The Labute approximate surface area is 125 Å². The minimum atomic E-state index is -0.172. The number of carbonyl (C=O) groups excluding carboxylic acids is 1. The molecule has 0 saturated carbocycles. The van der Waals surface area contributed by atoms with E-state index in [-0.39, 0.29) is 11.7 Å². The lowest BCUT2D eigenvalue weighted by Crippen LogP contribution is -2.48. The van der Waals surface area contributed by atoms with Gasteiger partial charge in [-0.1, -0.05) is 19.9 Å². The van der Waals surface area contributed by atoms with Crippen LogP contribution in [0.5, 0.6) is 0 Å². The molecule has 1 N–H and O–H groups in total. The highest BCUT2D eigenvalue weighted by molar-refractivity contribution is 5.73. The van der Waals surface area contributed by atoms with Crippen LogP contribution in [-0.2, 0) is 11.3 Å². The Morgan fingerprint density at radius 1 is 1.29 bits per heavy atom. The van der Waals surface area contributed by atoms with Crippen LogP contribution in [0.3, 0.4) is 0 Å². The van der Waals surface area contributed by atoms with E-state index < -0.39 is 0 Å². The van der Waals surface area contributed by atoms with Crippen LogP contribution >= 0.6 is 0 Å². The average molecular weight is 293 g/mol. The Morgan fingerprint density at radius 2 is 1.95 bits per heavy atom. The van der Waals surface area contributed by atoms with Gasteiger partial charge < -0.3 is 15.1 Å². The molecule has 1 aromatic rings. The fourth-order valence-corrected chi connectivity index (χ4v) is 2.59. The van der Waals surface area contributed by atoms with Gasteiger partial charge >= 0.3 is 0 Å². The van der Waals surface area contributed by atoms with E-state index in [0.29, 0.717) is 31.2 Å². The number of halogens is 1. The standard InChI is InChI=1S/C16H24FN3O/c1-12(2)18-11-14-15(17)5-4-6-16(14)20-9-7-19(8-10-20)13(3)21/h4-6,12,18H,7-11H2,1-3H3. The van der Waals surface area contributed by atoms with E-state index in [1.165, 1.54) is 6.07 Å². The molecule has 0 atom stereocenters. The normalized spacial score (nSPS) is 15.7. The Bertz CT molecular complexity index is 496. The van der Waals surface area contributed by atoms with Gasteiger partial charge in [0.25, 0.3) is 0 Å². The van der Waals surface area contributed by atoms with E-state index in [2.05, 4.69) is 10.2 Å². The largest absolute Gasteiger partial charge is 0.368 e. The molecular weight excluding hydrogens is 269 g/mol. The van der Waals surface area contributed by atoms with Gasteiger partial charge in [0.05, 0.1) is 0 Å². The molecule has 116 valence electrons. The third-order valence-electron chi connectivity index (χ3n) is 3.85. The Kier molecular flexibility index (Phi) is 5.17. The summed E-state index contributed by atoms with van der Waals surface area (Å²) in [4.78, 5) is 15.4. The highest BCUT2D eigenvalue weighted by atomic mass is 19.1. The summed E-state index contributed by atoms with van der Waals surface area (Å²) in [6, 6.07) is 5.53. The molecule has 1 heterocycles. The van der Waals surface area contributed by atoms with Crippen molar-refractivity contribution in [1.29, 1.82) is 0 Å². The topological polar surface area (TPSA) is 35.6 Å². The van der Waals surface area contributed by atoms with Crippen molar-refractivity contribution in [3.05, 3.63) is 29.6 Å². The Morgan fingerprint density at radius 3 is 2.52 bits per heavy atom. The summed E-state index contributed by atoms with van der Waals surface area (Å²) >= 11 is 0. The zero-order chi connectivity index (χ0) is 15.4. The predicted molar refractivity (Wildman–Crippen MR) is 82.8 cm³/mol. The molecule has 1 amide bonds. The number of carbonyl (C=O) groups is 1. The maximum absolute atomic E-state index is 14.1. The number of hydrogen-bond donors (Lipinski definition) is 1. The summed E-state index contributed by atoms with van der Waals surface area (Å²) in [6.45, 7) is 9.10. The maximum Gasteiger partial charge on any atom is 0.219 e. The summed E-state index contributed by atoms with van der Waals surface area (Å²) in [5, 5.41) is 3.28. The second kappa shape index (κ2) is 6.89. The number of rotatable bonds is 4. The molecule has 1 aliphatic rings. The number of benzene rings is 1. The number of hydrogen-bond acceptors (Lipinski definition) is 3. The number of piperazine rings is 1. The third-order valence-corrected chi connectivity index (χ3v) is 3.85. The van der Waals surface area contributed by atoms with E-state index in [0.717, 1.165) is 18.8 Å². The maximum atomic E-state index is 14.1. The predicted octanol–water partition coefficient (Wildman–Crippen LogP) is 1.99. The van der Waals surface area contributed by atoms with Crippen LogP contribution in [-0.4, -0.2) is 43.0 Å². The highest BCUT2D eigenvalue weighted by Crippen LogP contribution is 2.24. The lowest BCUT2D eigenvalue weighted by Gasteiger charge is -2.36. The number of nitrogens with zero attached hydrogens (tertiary/aromatic N) is 2. The van der Waals surface area contributed by atoms with Crippen molar-refractivity contribution in [2.75, 3.05) is 31.1 Å². The van der Waals surface area contributed by atoms with Crippen LogP contribution in [0.4, 0.5) is 10.1 Å². The summed E-state index contributed by atoms with van der Waals surface area (Å²) in [5.41, 5.74) is 1.65. The average Bonchev–Trinajstić information content (AvgIpc) is 2.45. The monoisotopic (exact) mass is 293 g/mol. The van der Waals surface area contributed by atoms with Gasteiger partial charge in [0.1, 0.15) is 5.82 Å². The van der Waals surface area contributed by atoms with E-state index in [9.17, 15) is 9.18 Å². The van der Waals surface area contributed by atoms with E-state index in [1.54, 1.807) is 13.0 Å². The minimum absolute atomic E-state index is 0.107. The third kappa shape index (κ3) is 3.94. The fraction of sp³-hybridized carbons (Fsp3) is 0.562. The molecule has 21 heavy (non-hydrogen) atoms. The zero-order valence-corrected chi connectivity index (χ0v) is 13.0. The molecule has 1 fully saturated rings. The fourth-order valence-electron chi connectivity index (χ4n) is 2.59. The molecular formula is C16H24FN3O. The van der Waals surface area contributed by atoms with Gasteiger partial charge in [0.2, 0.25) is 5.91 Å². The van der Waals surface area contributed by atoms with Crippen LogP contribution < -0.4 is 10.2 Å². The first kappa shape index (κ1) is 15.8. The number of nitrogens with one attached hydrogen (secondary N) is 1. The highest BCUT2D eigenvalue weighted by Gasteiger charge is 2.21. The molecule has 1 aliphatic heterocycles. The lowest BCUT2D eigenvalue weighted by molar-refractivity contribution is -0.129. The van der Waals surface area contributed by atoms with Gasteiger partial charge in [-0.15, -0.1) is 0 Å². The van der Waals surface area contributed by atoms with Crippen molar-refractivity contribution in [2.45, 2.75) is 33.4 Å². The van der Waals surface area contributed by atoms with Gasteiger partial charge in [0, 0.05) is 56.9 Å². The van der Waals surface area contributed by atoms with Crippen molar-refractivity contribution in [1.82, 2.24) is 10.2 Å². The lowest BCUT2D eigenvalue weighted by atomic mass is 10.1. The molecule has 4 nitrogen and oxygen atoms in total. The van der Waals surface area contributed by atoms with Gasteiger partial charge in [0.15, 0.2) is 0 Å². The molecule has 0 spiro atoms. The molecule has 0 unspecified atom stereocenters. The van der Waals surface area contributed by atoms with E-state index in [1.807, 2.05) is 24.8 Å². The first-order valence-corrected chi connectivity index (χ1v) is 7.50.